The Morgan fingerprint density at radius 3 is 1.37 bits per heavy atom. The van der Waals surface area contributed by atoms with Crippen molar-refractivity contribution in [1.29, 1.82) is 0 Å². The summed E-state index contributed by atoms with van der Waals surface area (Å²) >= 11 is -1.98. The molecule has 149 valence electrons. The summed E-state index contributed by atoms with van der Waals surface area (Å²) in [6.07, 6.45) is 0. The normalized spacial score (nSPS) is 10.2. The molecule has 0 saturated carbocycles. The first-order valence-electron chi connectivity index (χ1n) is 9.05. The standard InChI is InChI=1S/3C6H5.C5H3NO5.Sn/c3*1-2-4-6-5-3-1;7-5(8)3-1-2-4(11-3)6(9)10;/h3*1-5H;1-2H,(H,7,8);/p-1. The molecular formula is C23H17NO5Sn-. The van der Waals surface area contributed by atoms with Gasteiger partial charge in [-0.05, 0) is 6.07 Å². The van der Waals surface area contributed by atoms with E-state index in [0.29, 0.717) is 0 Å². The molecule has 0 unspecified atom stereocenters. The number of nitro groups is 1. The monoisotopic (exact) mass is 507 g/mol. The van der Waals surface area contributed by atoms with Crippen LogP contribution in [-0.4, -0.2) is 30.7 Å². The number of rotatable bonds is 5. The quantitative estimate of drug-likeness (QED) is 0.234. The molecule has 1 radical (unpaired) electrons. The molecule has 1 heterocycles. The topological polar surface area (TPSA) is 96.4 Å². The van der Waals surface area contributed by atoms with Crippen molar-refractivity contribution < 1.29 is 19.2 Å². The zero-order chi connectivity index (χ0) is 21.3. The van der Waals surface area contributed by atoms with Crippen molar-refractivity contribution in [3.05, 3.63) is 119 Å². The predicted octanol–water partition coefficient (Wildman–Crippen LogP) is 1.75. The third-order valence-electron chi connectivity index (χ3n) is 4.16. The number of carboxylic acid groups (broad SMARTS) is 1. The zero-order valence-corrected chi connectivity index (χ0v) is 18.7. The molecule has 30 heavy (non-hydrogen) atoms. The van der Waals surface area contributed by atoms with Gasteiger partial charge in [-0.3, -0.25) is 10.1 Å². The summed E-state index contributed by atoms with van der Waals surface area (Å²) in [6.45, 7) is 0. The van der Waals surface area contributed by atoms with Crippen LogP contribution >= 0.6 is 0 Å². The number of hydrogen-bond donors (Lipinski definition) is 0. The van der Waals surface area contributed by atoms with Gasteiger partial charge in [0, 0.05) is 0 Å². The van der Waals surface area contributed by atoms with Crippen LogP contribution in [0.25, 0.3) is 0 Å². The van der Waals surface area contributed by atoms with Gasteiger partial charge in [0.25, 0.3) is 0 Å². The molecule has 0 fully saturated rings. The molecule has 1 aromatic heterocycles. The second kappa shape index (κ2) is 10.4. The molecule has 4 aromatic rings. The predicted molar refractivity (Wildman–Crippen MR) is 114 cm³/mol. The van der Waals surface area contributed by atoms with Crippen molar-refractivity contribution in [2.24, 2.45) is 0 Å². The number of benzene rings is 3. The van der Waals surface area contributed by atoms with Gasteiger partial charge in [-0.25, -0.2) is 0 Å². The summed E-state index contributed by atoms with van der Waals surface area (Å²) in [5, 5.41) is 19.9. The summed E-state index contributed by atoms with van der Waals surface area (Å²) in [4.78, 5) is 19.1. The Bertz CT molecular complexity index is 976. The number of aromatic carboxylic acids is 1. The first-order chi connectivity index (χ1) is 14.6. The molecule has 0 aliphatic heterocycles. The van der Waals surface area contributed by atoms with Gasteiger partial charge in [0.1, 0.15) is 10.9 Å². The van der Waals surface area contributed by atoms with E-state index in [1.54, 1.807) is 0 Å². The third kappa shape index (κ3) is 5.57. The van der Waals surface area contributed by atoms with E-state index in [1.165, 1.54) is 10.7 Å². The molecule has 0 saturated heterocycles. The Kier molecular flexibility index (Phi) is 7.39. The van der Waals surface area contributed by atoms with Gasteiger partial charge in [0.15, 0.2) is 5.76 Å². The molecule has 0 atom stereocenters. The molecule has 0 bridgehead atoms. The number of carbonyl (C=O) groups excluding carboxylic acids is 1. The Hall–Kier alpha value is -3.39. The van der Waals surface area contributed by atoms with Crippen LogP contribution in [0.4, 0.5) is 5.88 Å². The van der Waals surface area contributed by atoms with E-state index >= 15 is 0 Å². The second-order valence-electron chi connectivity index (χ2n) is 6.16. The van der Waals surface area contributed by atoms with Crippen molar-refractivity contribution in [1.82, 2.24) is 0 Å². The zero-order valence-electron chi connectivity index (χ0n) is 15.8. The Labute approximate surface area is 180 Å². The van der Waals surface area contributed by atoms with Gasteiger partial charge in [0.05, 0.1) is 6.07 Å². The molecule has 0 spiro atoms. The van der Waals surface area contributed by atoms with Gasteiger partial charge in [-0.1, -0.05) is 0 Å². The van der Waals surface area contributed by atoms with Gasteiger partial charge >= 0.3 is 127 Å². The van der Waals surface area contributed by atoms with Gasteiger partial charge in [-0.15, -0.1) is 0 Å². The fraction of sp³-hybridized carbons (Fsp3) is 0. The number of furan rings is 1. The first kappa shape index (κ1) is 21.3. The van der Waals surface area contributed by atoms with E-state index < -0.39 is 42.3 Å². The molecule has 6 nitrogen and oxygen atoms in total. The van der Waals surface area contributed by atoms with Crippen molar-refractivity contribution in [2.45, 2.75) is 0 Å². The van der Waals surface area contributed by atoms with Crippen molar-refractivity contribution in [2.75, 3.05) is 0 Å². The molecule has 3 aromatic carbocycles. The van der Waals surface area contributed by atoms with Crippen LogP contribution in [0.3, 0.4) is 0 Å². The summed E-state index contributed by atoms with van der Waals surface area (Å²) in [6, 6.07) is 34.9. The molecule has 0 aliphatic carbocycles. The number of hydrogen-bond acceptors (Lipinski definition) is 5. The minimum absolute atomic E-state index is 0.545. The van der Waals surface area contributed by atoms with Crippen molar-refractivity contribution in [3.8, 4) is 0 Å². The molecule has 4 rings (SSSR count). The summed E-state index contributed by atoms with van der Waals surface area (Å²) in [5.41, 5.74) is 0. The van der Waals surface area contributed by atoms with Gasteiger partial charge in [0.2, 0.25) is 0 Å². The maximum atomic E-state index is 10.0. The number of carboxylic acids is 1. The fourth-order valence-corrected chi connectivity index (χ4v) is 10.2. The van der Waals surface area contributed by atoms with Crippen molar-refractivity contribution in [3.63, 3.8) is 0 Å². The summed E-state index contributed by atoms with van der Waals surface area (Å²) in [5.74, 6) is -2.72. The van der Waals surface area contributed by atoms with E-state index in [-0.39, 0.29) is 0 Å². The fourth-order valence-electron chi connectivity index (χ4n) is 2.85. The third-order valence-corrected chi connectivity index (χ3v) is 12.0. The average molecular weight is 506 g/mol. The average Bonchev–Trinajstić information content (AvgIpc) is 3.28. The van der Waals surface area contributed by atoms with E-state index in [2.05, 4.69) is 95.4 Å². The van der Waals surface area contributed by atoms with Gasteiger partial charge in [-0.2, -0.15) is 0 Å². The molecule has 0 amide bonds. The van der Waals surface area contributed by atoms with Crippen LogP contribution < -0.4 is 15.8 Å². The minimum atomic E-state index is -1.98. The van der Waals surface area contributed by atoms with E-state index in [1.807, 2.05) is 0 Å². The Morgan fingerprint density at radius 2 is 1.10 bits per heavy atom. The van der Waals surface area contributed by atoms with Crippen LogP contribution in [0.1, 0.15) is 10.6 Å². The molecule has 0 N–H and O–H groups in total. The van der Waals surface area contributed by atoms with Gasteiger partial charge < -0.3 is 14.3 Å². The van der Waals surface area contributed by atoms with E-state index in [4.69, 9.17) is 0 Å². The van der Waals surface area contributed by atoms with Crippen LogP contribution in [-0.2, 0) is 0 Å². The van der Waals surface area contributed by atoms with E-state index in [0.717, 1.165) is 12.1 Å². The SMILES string of the molecule is O=C([O-])c1ccc([N+](=O)[O-])o1.c1cc[c]([Sn]([c]2ccccc2)[c]2ccccc2)cc1. The van der Waals surface area contributed by atoms with Crippen LogP contribution in [0, 0.1) is 10.1 Å². The van der Waals surface area contributed by atoms with Crippen LogP contribution in [0.5, 0.6) is 0 Å². The van der Waals surface area contributed by atoms with E-state index in [9.17, 15) is 20.0 Å². The Morgan fingerprint density at radius 1 is 0.700 bits per heavy atom. The maximum absolute atomic E-state index is 10.0. The number of nitrogens with zero attached hydrogens (tertiary/aromatic N) is 1. The second-order valence-corrected chi connectivity index (χ2v) is 13.2. The molecule has 7 heteroatoms. The summed E-state index contributed by atoms with van der Waals surface area (Å²) < 4.78 is 8.84. The first-order valence-corrected chi connectivity index (χ1v) is 13.3. The molecule has 0 aliphatic rings. The van der Waals surface area contributed by atoms with Crippen LogP contribution in [0.15, 0.2) is 108 Å². The summed E-state index contributed by atoms with van der Waals surface area (Å²) in [7, 11) is 0. The van der Waals surface area contributed by atoms with Crippen LogP contribution in [0.2, 0.25) is 0 Å². The number of carbonyl (C=O) groups is 1. The van der Waals surface area contributed by atoms with Crippen molar-refractivity contribution >= 4 is 42.4 Å². The molecular weight excluding hydrogens is 489 g/mol. The Balaban J connectivity index is 0.000000199.